The predicted molar refractivity (Wildman–Crippen MR) is 167 cm³/mol. The van der Waals surface area contributed by atoms with Crippen LogP contribution in [0.1, 0.15) is 86.8 Å². The summed E-state index contributed by atoms with van der Waals surface area (Å²) >= 11 is 6.50. The van der Waals surface area contributed by atoms with Crippen LogP contribution in [0.4, 0.5) is 0 Å². The van der Waals surface area contributed by atoms with Gasteiger partial charge in [0.2, 0.25) is 0 Å². The summed E-state index contributed by atoms with van der Waals surface area (Å²) in [7, 11) is 1.58. The third-order valence-electron chi connectivity index (χ3n) is 9.40. The zero-order chi connectivity index (χ0) is 30.4. The van der Waals surface area contributed by atoms with Gasteiger partial charge in [0.25, 0.3) is 11.8 Å². The minimum absolute atomic E-state index is 0.0549. The molecule has 0 unspecified atom stereocenters. The largest absolute Gasteiger partial charge is 0.495 e. The second kappa shape index (κ2) is 11.5. The number of halogens is 1. The van der Waals surface area contributed by atoms with Gasteiger partial charge in [-0.3, -0.25) is 14.6 Å². The topological polar surface area (TPSA) is 108 Å². The highest BCUT2D eigenvalue weighted by atomic mass is 35.5. The van der Waals surface area contributed by atoms with Gasteiger partial charge in [0.05, 0.1) is 24.7 Å². The number of amides is 2. The third kappa shape index (κ3) is 5.84. The van der Waals surface area contributed by atoms with Gasteiger partial charge in [-0.1, -0.05) is 44.5 Å². The van der Waals surface area contributed by atoms with E-state index in [0.29, 0.717) is 52.0 Å². The Kier molecular flexibility index (Phi) is 7.87. The second-order valence-corrected chi connectivity index (χ2v) is 13.6. The number of nitrogens with one attached hydrogen (secondary N) is 1. The number of amidine groups is 1. The van der Waals surface area contributed by atoms with E-state index in [9.17, 15) is 9.59 Å². The number of hydrogen-bond acceptors (Lipinski definition) is 7. The van der Waals surface area contributed by atoms with E-state index in [4.69, 9.17) is 21.3 Å². The molecular weight excluding hydrogens is 564 g/mol. The molecule has 1 atom stereocenters. The van der Waals surface area contributed by atoms with Crippen molar-refractivity contribution in [2.75, 3.05) is 20.3 Å². The first kappa shape index (κ1) is 29.5. The molecule has 2 aliphatic carbocycles. The van der Waals surface area contributed by atoms with Crippen LogP contribution in [0.15, 0.2) is 62.7 Å². The average Bonchev–Trinajstić information content (AvgIpc) is 3.62. The van der Waals surface area contributed by atoms with Crippen molar-refractivity contribution in [3.63, 3.8) is 0 Å². The summed E-state index contributed by atoms with van der Waals surface area (Å²) < 4.78 is 5.36. The fraction of sp³-hybridized carbons (Fsp3) is 0.515. The Morgan fingerprint density at radius 2 is 1.84 bits per heavy atom. The molecule has 0 radical (unpaired) electrons. The summed E-state index contributed by atoms with van der Waals surface area (Å²) in [5.41, 5.74) is 2.34. The van der Waals surface area contributed by atoms with Crippen molar-refractivity contribution in [3.8, 4) is 5.75 Å². The summed E-state index contributed by atoms with van der Waals surface area (Å²) in [5, 5.41) is 11.0. The second-order valence-electron chi connectivity index (χ2n) is 13.2. The Bertz CT molecular complexity index is 1500. The number of methoxy groups -OCH3 is 1. The number of benzene rings is 2. The fourth-order valence-electron chi connectivity index (χ4n) is 6.79. The monoisotopic (exact) mass is 602 g/mol. The van der Waals surface area contributed by atoms with Crippen molar-refractivity contribution >= 4 is 35.0 Å². The van der Waals surface area contributed by atoms with E-state index in [2.05, 4.69) is 46.2 Å². The van der Waals surface area contributed by atoms with Crippen LogP contribution in [0.2, 0.25) is 5.02 Å². The fourth-order valence-corrected chi connectivity index (χ4v) is 7.04. The number of aliphatic imine (C=N–C) groups is 2. The van der Waals surface area contributed by atoms with Gasteiger partial charge in [0, 0.05) is 11.1 Å². The van der Waals surface area contributed by atoms with Crippen LogP contribution < -0.4 is 10.1 Å². The molecular formula is C33H39ClN6O3. The van der Waals surface area contributed by atoms with Crippen LogP contribution in [0, 0.1) is 17.3 Å². The molecule has 2 aliphatic heterocycles. The van der Waals surface area contributed by atoms with Gasteiger partial charge in [0.1, 0.15) is 17.1 Å². The lowest BCUT2D eigenvalue weighted by Crippen LogP contribution is -2.52. The predicted octanol–water partition coefficient (Wildman–Crippen LogP) is 6.62. The lowest BCUT2D eigenvalue weighted by Gasteiger charge is -2.47. The molecule has 0 aromatic heterocycles. The van der Waals surface area contributed by atoms with Gasteiger partial charge >= 0.3 is 0 Å². The van der Waals surface area contributed by atoms with E-state index in [0.717, 1.165) is 44.1 Å². The molecule has 1 spiro atoms. The van der Waals surface area contributed by atoms with Crippen molar-refractivity contribution in [2.24, 2.45) is 37.5 Å². The number of carbonyl (C=O) groups excluding carboxylic acids is 2. The molecule has 0 bridgehead atoms. The highest BCUT2D eigenvalue weighted by Gasteiger charge is 2.55. The van der Waals surface area contributed by atoms with E-state index in [1.807, 2.05) is 30.3 Å². The first-order valence-electron chi connectivity index (χ1n) is 15.2. The highest BCUT2D eigenvalue weighted by molar-refractivity contribution is 6.47. The van der Waals surface area contributed by atoms with Crippen LogP contribution in [0.3, 0.4) is 0 Å². The maximum atomic E-state index is 14.5. The highest BCUT2D eigenvalue weighted by Crippen LogP contribution is 2.54. The normalized spacial score (nSPS) is 24.3. The number of ether oxygens (including phenoxy) is 1. The minimum Gasteiger partial charge on any atom is -0.495 e. The molecule has 2 fully saturated rings. The van der Waals surface area contributed by atoms with E-state index in [1.165, 1.54) is 0 Å². The molecule has 10 heteroatoms. The molecule has 43 heavy (non-hydrogen) atoms. The Morgan fingerprint density at radius 3 is 2.42 bits per heavy atom. The summed E-state index contributed by atoms with van der Waals surface area (Å²) in [4.78, 5) is 38.8. The SMILES string of the molecule is COc1ccc(C2=NC3(CCC(C(C)(C)C)CC3)N([C@@H](c3ccc(C(=O)NCC4=NCN=N4)cc3)C3CC3)C2=O)cc1Cl. The van der Waals surface area contributed by atoms with Crippen molar-refractivity contribution in [2.45, 2.75) is 71.0 Å². The molecule has 2 amide bonds. The number of azo groups is 1. The van der Waals surface area contributed by atoms with Gasteiger partial charge in [-0.2, -0.15) is 5.11 Å². The molecule has 1 N–H and O–H groups in total. The average molecular weight is 603 g/mol. The molecule has 2 aromatic carbocycles. The lowest BCUT2D eigenvalue weighted by atomic mass is 9.69. The Morgan fingerprint density at radius 1 is 1.12 bits per heavy atom. The van der Waals surface area contributed by atoms with E-state index < -0.39 is 5.66 Å². The van der Waals surface area contributed by atoms with Gasteiger partial charge in [0.15, 0.2) is 12.5 Å². The summed E-state index contributed by atoms with van der Waals surface area (Å²) in [6.07, 6.45) is 5.76. The first-order chi connectivity index (χ1) is 20.6. The molecule has 2 saturated carbocycles. The number of rotatable bonds is 8. The van der Waals surface area contributed by atoms with Crippen LogP contribution >= 0.6 is 11.6 Å². The molecule has 2 aromatic rings. The van der Waals surface area contributed by atoms with Crippen LogP contribution in [-0.2, 0) is 4.79 Å². The maximum Gasteiger partial charge on any atom is 0.275 e. The molecule has 6 rings (SSSR count). The minimum atomic E-state index is -0.611. The number of hydrogen-bond donors (Lipinski definition) is 1. The zero-order valence-corrected chi connectivity index (χ0v) is 26.0. The maximum absolute atomic E-state index is 14.5. The number of carbonyl (C=O) groups is 2. The quantitative estimate of drug-likeness (QED) is 0.367. The van der Waals surface area contributed by atoms with E-state index in [1.54, 1.807) is 19.2 Å². The standard InChI is InChI=1S/C33H39ClN6O3/c1-32(2,3)24-13-15-33(16-14-24)38-28(23-11-12-26(43-4)25(34)17-23)31(42)40(33)29(20-5-6-20)21-7-9-22(10-8-21)30(41)35-18-27-36-19-37-39-27/h7-12,17,20,24,29H,5-6,13-16,18-19H2,1-4H3,(H,35,41)/t24?,29-,33?/m1/s1. The summed E-state index contributed by atoms with van der Waals surface area (Å²) in [6, 6.07) is 13.0. The van der Waals surface area contributed by atoms with Gasteiger partial charge < -0.3 is 15.0 Å². The smallest absolute Gasteiger partial charge is 0.275 e. The van der Waals surface area contributed by atoms with E-state index >= 15 is 0 Å². The van der Waals surface area contributed by atoms with E-state index in [-0.39, 0.29) is 29.8 Å². The van der Waals surface area contributed by atoms with Gasteiger partial charge in [-0.05, 0) is 91.7 Å². The summed E-state index contributed by atoms with van der Waals surface area (Å²) in [5.74, 6) is 1.75. The molecule has 4 aliphatic rings. The van der Waals surface area contributed by atoms with Crippen molar-refractivity contribution < 1.29 is 14.3 Å². The van der Waals surface area contributed by atoms with Crippen molar-refractivity contribution in [3.05, 3.63) is 64.2 Å². The molecule has 9 nitrogen and oxygen atoms in total. The summed E-state index contributed by atoms with van der Waals surface area (Å²) in [6.45, 7) is 7.46. The third-order valence-corrected chi connectivity index (χ3v) is 9.69. The van der Waals surface area contributed by atoms with Crippen LogP contribution in [0.5, 0.6) is 5.75 Å². The molecule has 0 saturated heterocycles. The van der Waals surface area contributed by atoms with Gasteiger partial charge in [-0.25, -0.2) is 4.99 Å². The van der Waals surface area contributed by atoms with Crippen molar-refractivity contribution in [1.82, 2.24) is 10.2 Å². The molecule has 2 heterocycles. The van der Waals surface area contributed by atoms with Crippen LogP contribution in [-0.4, -0.2) is 54.2 Å². The lowest BCUT2D eigenvalue weighted by molar-refractivity contribution is -0.134. The Balaban J connectivity index is 1.31. The van der Waals surface area contributed by atoms with Crippen molar-refractivity contribution in [1.29, 1.82) is 0 Å². The first-order valence-corrected chi connectivity index (χ1v) is 15.5. The van der Waals surface area contributed by atoms with Crippen LogP contribution in [0.25, 0.3) is 0 Å². The Hall–Kier alpha value is -3.59. The zero-order valence-electron chi connectivity index (χ0n) is 25.3. The number of nitrogens with zero attached hydrogens (tertiary/aromatic N) is 5. The van der Waals surface area contributed by atoms with Gasteiger partial charge in [-0.15, -0.1) is 5.11 Å². The molecule has 226 valence electrons. The Labute approximate surface area is 257 Å².